The minimum Gasteiger partial charge on any atom is -0.465 e. The van der Waals surface area contributed by atoms with Crippen molar-refractivity contribution in [1.29, 1.82) is 0 Å². The van der Waals surface area contributed by atoms with Gasteiger partial charge in [0, 0.05) is 58.9 Å². The molecule has 18 rings (SSSR count). The highest BCUT2D eigenvalue weighted by Gasteiger charge is 2.69. The van der Waals surface area contributed by atoms with Crippen LogP contribution in [0.3, 0.4) is 0 Å². The molecular formula is C96H144O25. The summed E-state index contributed by atoms with van der Waals surface area (Å²) in [5, 5.41) is 0. The molecule has 18 aliphatic rings. The Morgan fingerprint density at radius 1 is 0.347 bits per heavy atom. The molecule has 12 aliphatic carbocycles. The molecule has 6 aliphatic heterocycles. The molecule has 0 aromatic carbocycles. The maximum atomic E-state index is 12.5. The zero-order chi connectivity index (χ0) is 88.0. The summed E-state index contributed by atoms with van der Waals surface area (Å²) in [5.74, 6) is 3.66. The first-order valence-corrected chi connectivity index (χ1v) is 46.7. The summed E-state index contributed by atoms with van der Waals surface area (Å²) in [6, 6.07) is 0. The second-order valence-corrected chi connectivity index (χ2v) is 44.1. The van der Waals surface area contributed by atoms with Gasteiger partial charge in [0.25, 0.3) is 0 Å². The molecule has 27 atom stereocenters. The third kappa shape index (κ3) is 17.5. The Morgan fingerprint density at radius 2 is 0.769 bits per heavy atom. The van der Waals surface area contributed by atoms with Crippen LogP contribution in [0.4, 0.5) is 0 Å². The highest BCUT2D eigenvalue weighted by molar-refractivity contribution is 5.83. The van der Waals surface area contributed by atoms with Crippen molar-refractivity contribution in [3.63, 3.8) is 0 Å². The van der Waals surface area contributed by atoms with Crippen LogP contribution in [-0.4, -0.2) is 161 Å². The fourth-order valence-corrected chi connectivity index (χ4v) is 24.7. The largest absolute Gasteiger partial charge is 0.465 e. The van der Waals surface area contributed by atoms with Gasteiger partial charge in [0.1, 0.15) is 36.6 Å². The van der Waals surface area contributed by atoms with Crippen molar-refractivity contribution < 1.29 is 119 Å². The van der Waals surface area contributed by atoms with E-state index < -0.39 is 32.5 Å². The lowest BCUT2D eigenvalue weighted by Gasteiger charge is -2.37. The number of rotatable bonds is 20. The monoisotopic (exact) mass is 1700 g/mol. The van der Waals surface area contributed by atoms with Crippen molar-refractivity contribution in [3.8, 4) is 0 Å². The molecule has 6 saturated heterocycles. The first-order valence-electron chi connectivity index (χ1n) is 46.7. The molecule has 25 nitrogen and oxygen atoms in total. The van der Waals surface area contributed by atoms with Crippen LogP contribution in [-0.2, 0) is 119 Å². The molecule has 678 valence electrons. The predicted octanol–water partition coefficient (Wildman–Crippen LogP) is 15.1. The molecule has 25 heteroatoms. The van der Waals surface area contributed by atoms with Crippen molar-refractivity contribution >= 4 is 71.6 Å². The van der Waals surface area contributed by atoms with Gasteiger partial charge in [-0.25, -0.2) is 0 Å². The molecule has 0 amide bonds. The summed E-state index contributed by atoms with van der Waals surface area (Å²) in [6.07, 6.45) is 21.3. The van der Waals surface area contributed by atoms with Gasteiger partial charge in [-0.15, -0.1) is 0 Å². The first kappa shape index (κ1) is 92.3. The van der Waals surface area contributed by atoms with E-state index in [0.29, 0.717) is 112 Å². The van der Waals surface area contributed by atoms with Crippen molar-refractivity contribution in [3.05, 3.63) is 0 Å². The van der Waals surface area contributed by atoms with Crippen molar-refractivity contribution in [1.82, 2.24) is 0 Å². The number of carbonyl (C=O) groups is 12. The van der Waals surface area contributed by atoms with Crippen LogP contribution < -0.4 is 0 Å². The van der Waals surface area contributed by atoms with E-state index in [2.05, 4.69) is 0 Å². The molecule has 4 spiro atoms. The Balaban J connectivity index is 0.000000125. The molecule has 12 bridgehead atoms. The smallest absolute Gasteiger partial charge is 0.312 e. The summed E-state index contributed by atoms with van der Waals surface area (Å²) in [6.45, 7) is 40.8. The minimum atomic E-state index is -0.486. The molecule has 0 N–H and O–H groups in total. The third-order valence-corrected chi connectivity index (χ3v) is 34.9. The normalized spacial score (nSPS) is 39.5. The van der Waals surface area contributed by atoms with E-state index in [9.17, 15) is 57.5 Å². The zero-order valence-corrected chi connectivity index (χ0v) is 76.1. The fourth-order valence-electron chi connectivity index (χ4n) is 24.7. The molecule has 0 radical (unpaired) electrons. The lowest BCUT2D eigenvalue weighted by Crippen LogP contribution is -2.47. The van der Waals surface area contributed by atoms with Gasteiger partial charge in [-0.05, 0) is 279 Å². The Bertz CT molecular complexity index is 3920. The van der Waals surface area contributed by atoms with E-state index >= 15 is 0 Å². The zero-order valence-electron chi connectivity index (χ0n) is 76.1. The summed E-state index contributed by atoms with van der Waals surface area (Å²) in [7, 11) is 0. The van der Waals surface area contributed by atoms with Gasteiger partial charge in [-0.2, -0.15) is 0 Å². The van der Waals surface area contributed by atoms with Gasteiger partial charge in [0.05, 0.1) is 114 Å². The maximum absolute atomic E-state index is 12.5. The highest BCUT2D eigenvalue weighted by Crippen LogP contribution is 2.66. The number of ether oxygens (including phenoxy) is 13. The topological polar surface area (TPSA) is 325 Å². The molecule has 0 aromatic rings. The van der Waals surface area contributed by atoms with Gasteiger partial charge >= 0.3 is 71.6 Å². The van der Waals surface area contributed by atoms with Crippen molar-refractivity contribution in [2.45, 2.75) is 335 Å². The van der Waals surface area contributed by atoms with E-state index in [1.54, 1.807) is 0 Å². The molecule has 121 heavy (non-hydrogen) atoms. The van der Waals surface area contributed by atoms with Gasteiger partial charge in [-0.3, -0.25) is 57.5 Å². The molecular weight excluding hydrogens is 1550 g/mol. The van der Waals surface area contributed by atoms with E-state index in [0.717, 1.165) is 148 Å². The number of hydrogen-bond donors (Lipinski definition) is 0. The Kier molecular flexibility index (Phi) is 26.5. The van der Waals surface area contributed by atoms with E-state index in [-0.39, 0.29) is 177 Å². The fraction of sp³-hybridized carbons (Fsp3) is 0.875. The van der Waals surface area contributed by atoms with Gasteiger partial charge < -0.3 is 61.6 Å². The molecule has 18 fully saturated rings. The average molecular weight is 1700 g/mol. The quantitative estimate of drug-likeness (QED) is 0.0807. The standard InChI is InChI=1S/C17H26O5.4C16H24O4.C15H22O4/c1-5-17(3,4)16(19)22-14-9-7-10(13(14)20-6-2)12-11(9)8-21-15(12)18;1-4-15(2,3)14(18)20-12-6-11-5-10(12)7-16(11)8-13(17)19-9-16;1-4-15(2,3)14(18)20-12-6-10-5-11(12)16(7-10)8-13(17)19-9-16;1-4-15(2,3)13(17)20-12-8-11-7-10(12)9-16(11)5-6-19-14(16)18;1-4-15(2,3)13(17)20-12-8-10-7-11(12)16(9-10)5-6-19-14(16)18;1-4-15(2,3)14(17)19-11-6-8-5-9(11)12-10(8)7-18-13(12)16/h9-14H,5-8H2,1-4H3;4*10-12H,4-9H2,1-3H3;8-12H,4-7H2,1-3H3. The number of fused-ring (bicyclic) bond motifs is 22. The maximum Gasteiger partial charge on any atom is 0.312 e. The molecule has 27 unspecified atom stereocenters. The summed E-state index contributed by atoms with van der Waals surface area (Å²) < 4.78 is 71.8. The summed E-state index contributed by atoms with van der Waals surface area (Å²) in [4.78, 5) is 144. The Labute approximate surface area is 717 Å². The van der Waals surface area contributed by atoms with Crippen LogP contribution in [0.1, 0.15) is 292 Å². The number of hydrogen-bond acceptors (Lipinski definition) is 25. The first-order chi connectivity index (χ1) is 56.8. The van der Waals surface area contributed by atoms with Crippen LogP contribution in [0.2, 0.25) is 0 Å². The number of cyclic esters (lactones) is 6. The Hall–Kier alpha value is -6.40. The van der Waals surface area contributed by atoms with Crippen molar-refractivity contribution in [2.24, 2.45) is 149 Å². The lowest BCUT2D eigenvalue weighted by atomic mass is 9.71. The SMILES string of the molecule is CCC(C)(C)C(=O)OC1CC2CC1C1(CCOC1=O)C2.CCC(C)(C)C(=O)OC1CC2CC1C1(COC(=O)C1)C2.CCC(C)(C)C(=O)OC1CC2CC1C1C(=O)OCC21.CCC(C)(C)C(=O)OC1CC2CC1CC21CCOC1=O.CCC(C)(C)C(=O)OC1CC2CC1CC21COC(=O)C1.CCOC1C2CC(C3COC(=O)C32)C1OC(=O)C(C)(C)CC. The second-order valence-electron chi connectivity index (χ2n) is 44.1. The number of carbonyl (C=O) groups excluding carboxylic acids is 12. The predicted molar refractivity (Wildman–Crippen MR) is 438 cm³/mol. The summed E-state index contributed by atoms with van der Waals surface area (Å²) >= 11 is 0. The van der Waals surface area contributed by atoms with Crippen LogP contribution in [0.5, 0.6) is 0 Å². The van der Waals surface area contributed by atoms with Crippen molar-refractivity contribution in [2.75, 3.05) is 46.2 Å². The van der Waals surface area contributed by atoms with Crippen LogP contribution in [0, 0.1) is 149 Å². The second kappa shape index (κ2) is 34.7. The molecule has 12 saturated carbocycles. The van der Waals surface area contributed by atoms with E-state index in [4.69, 9.17) is 61.6 Å². The average Bonchev–Trinajstić information content (AvgIpc) is 1.54. The lowest BCUT2D eigenvalue weighted by molar-refractivity contribution is -0.176. The van der Waals surface area contributed by atoms with E-state index in [1.807, 2.05) is 132 Å². The van der Waals surface area contributed by atoms with E-state index in [1.165, 1.54) is 0 Å². The van der Waals surface area contributed by atoms with Crippen LogP contribution in [0.15, 0.2) is 0 Å². The van der Waals surface area contributed by atoms with Gasteiger partial charge in [0.2, 0.25) is 0 Å². The van der Waals surface area contributed by atoms with Crippen LogP contribution in [0.25, 0.3) is 0 Å². The van der Waals surface area contributed by atoms with Gasteiger partial charge in [-0.1, -0.05) is 41.5 Å². The third-order valence-electron chi connectivity index (χ3n) is 34.9. The highest BCUT2D eigenvalue weighted by atomic mass is 16.6. The molecule has 6 heterocycles. The minimum absolute atomic E-state index is 0.0105. The summed E-state index contributed by atoms with van der Waals surface area (Å²) in [5.41, 5.74) is -3.15. The van der Waals surface area contributed by atoms with Crippen LogP contribution >= 0.6 is 0 Å². The molecule has 0 aromatic heterocycles. The number of esters is 12. The van der Waals surface area contributed by atoms with Gasteiger partial charge in [0.15, 0.2) is 0 Å². The Morgan fingerprint density at radius 3 is 1.20 bits per heavy atom.